The van der Waals surface area contributed by atoms with Crippen molar-refractivity contribution in [1.82, 2.24) is 15.1 Å². The maximum atomic E-state index is 13.1. The maximum Gasteiger partial charge on any atom is 0.289 e. The van der Waals surface area contributed by atoms with Gasteiger partial charge in [-0.05, 0) is 49.2 Å². The number of furan rings is 1. The van der Waals surface area contributed by atoms with E-state index in [0.29, 0.717) is 31.9 Å². The van der Waals surface area contributed by atoms with Crippen LogP contribution in [0.3, 0.4) is 0 Å². The standard InChI is InChI=1S/C20H22FN3O3/c21-15-5-3-14(4-6-15)17-7-8-18(27-17)20(26)23-10-1-2-16(13-23)24-11-9-22-12-19(24)25/h3-8,16,22H,1-2,9-13H2. The second kappa shape index (κ2) is 7.52. The third-order valence-electron chi connectivity index (χ3n) is 5.20. The number of piperidine rings is 1. The van der Waals surface area contributed by atoms with E-state index in [1.807, 2.05) is 4.90 Å². The molecule has 1 unspecified atom stereocenters. The normalized spacial score (nSPS) is 20.8. The third-order valence-corrected chi connectivity index (χ3v) is 5.20. The van der Waals surface area contributed by atoms with Crippen molar-refractivity contribution in [3.05, 3.63) is 48.0 Å². The van der Waals surface area contributed by atoms with Crippen LogP contribution in [0.2, 0.25) is 0 Å². The zero-order valence-corrected chi connectivity index (χ0v) is 15.0. The van der Waals surface area contributed by atoms with Gasteiger partial charge in [0.2, 0.25) is 5.91 Å². The van der Waals surface area contributed by atoms with Crippen molar-refractivity contribution in [1.29, 1.82) is 0 Å². The molecule has 1 aromatic carbocycles. The number of hydrogen-bond acceptors (Lipinski definition) is 4. The molecule has 1 atom stereocenters. The summed E-state index contributed by atoms with van der Waals surface area (Å²) in [5.74, 6) is 0.405. The second-order valence-corrected chi connectivity index (χ2v) is 6.98. The van der Waals surface area contributed by atoms with Crippen LogP contribution in [0.4, 0.5) is 4.39 Å². The average Bonchev–Trinajstić information content (AvgIpc) is 3.18. The van der Waals surface area contributed by atoms with Gasteiger partial charge in [0, 0.05) is 37.8 Å². The van der Waals surface area contributed by atoms with Crippen molar-refractivity contribution in [3.8, 4) is 11.3 Å². The van der Waals surface area contributed by atoms with E-state index >= 15 is 0 Å². The Morgan fingerprint density at radius 2 is 1.96 bits per heavy atom. The van der Waals surface area contributed by atoms with Crippen LogP contribution in [0.25, 0.3) is 11.3 Å². The topological polar surface area (TPSA) is 65.8 Å². The molecule has 2 aliphatic rings. The largest absolute Gasteiger partial charge is 0.451 e. The minimum absolute atomic E-state index is 0.0591. The van der Waals surface area contributed by atoms with E-state index in [2.05, 4.69) is 5.32 Å². The van der Waals surface area contributed by atoms with Gasteiger partial charge in [0.1, 0.15) is 11.6 Å². The molecule has 2 saturated heterocycles. The number of piperazine rings is 1. The van der Waals surface area contributed by atoms with Crippen LogP contribution in [0, 0.1) is 5.82 Å². The molecule has 0 radical (unpaired) electrons. The Labute approximate surface area is 156 Å². The highest BCUT2D eigenvalue weighted by atomic mass is 19.1. The Morgan fingerprint density at radius 1 is 1.15 bits per heavy atom. The highest BCUT2D eigenvalue weighted by Gasteiger charge is 2.32. The molecular weight excluding hydrogens is 349 g/mol. The number of benzene rings is 1. The first-order chi connectivity index (χ1) is 13.1. The van der Waals surface area contributed by atoms with Gasteiger partial charge < -0.3 is 19.5 Å². The molecule has 2 aliphatic heterocycles. The van der Waals surface area contributed by atoms with Crippen LogP contribution in [0.1, 0.15) is 23.4 Å². The van der Waals surface area contributed by atoms with Crippen LogP contribution in [0.15, 0.2) is 40.8 Å². The van der Waals surface area contributed by atoms with Gasteiger partial charge in [-0.15, -0.1) is 0 Å². The first-order valence-electron chi connectivity index (χ1n) is 9.27. The fourth-order valence-corrected chi connectivity index (χ4v) is 3.78. The molecule has 142 valence electrons. The highest BCUT2D eigenvalue weighted by molar-refractivity contribution is 5.92. The molecule has 2 amide bonds. The number of likely N-dealkylation sites (tertiary alicyclic amines) is 1. The Hall–Kier alpha value is -2.67. The Bertz CT molecular complexity index is 833. The molecule has 3 heterocycles. The van der Waals surface area contributed by atoms with Gasteiger partial charge in [-0.3, -0.25) is 9.59 Å². The van der Waals surface area contributed by atoms with E-state index < -0.39 is 0 Å². The van der Waals surface area contributed by atoms with Gasteiger partial charge in [0.25, 0.3) is 5.91 Å². The molecule has 0 spiro atoms. The lowest BCUT2D eigenvalue weighted by Gasteiger charge is -2.40. The summed E-state index contributed by atoms with van der Waals surface area (Å²) in [7, 11) is 0. The summed E-state index contributed by atoms with van der Waals surface area (Å²) in [6.45, 7) is 3.01. The Kier molecular flexibility index (Phi) is 4.94. The minimum Gasteiger partial charge on any atom is -0.451 e. The number of hydrogen-bond donors (Lipinski definition) is 1. The van der Waals surface area contributed by atoms with Crippen molar-refractivity contribution in [3.63, 3.8) is 0 Å². The predicted octanol–water partition coefficient (Wildman–Crippen LogP) is 2.12. The van der Waals surface area contributed by atoms with E-state index in [-0.39, 0.29) is 29.4 Å². The quantitative estimate of drug-likeness (QED) is 0.898. The zero-order chi connectivity index (χ0) is 18.8. The van der Waals surface area contributed by atoms with Gasteiger partial charge in [-0.1, -0.05) is 0 Å². The summed E-state index contributed by atoms with van der Waals surface area (Å²) < 4.78 is 18.8. The Balaban J connectivity index is 1.46. The fraction of sp³-hybridized carbons (Fsp3) is 0.400. The van der Waals surface area contributed by atoms with E-state index in [4.69, 9.17) is 4.42 Å². The number of carbonyl (C=O) groups excluding carboxylic acids is 2. The van der Waals surface area contributed by atoms with Crippen molar-refractivity contribution >= 4 is 11.8 Å². The average molecular weight is 371 g/mol. The molecule has 0 saturated carbocycles. The van der Waals surface area contributed by atoms with E-state index in [1.165, 1.54) is 12.1 Å². The Morgan fingerprint density at radius 3 is 2.74 bits per heavy atom. The van der Waals surface area contributed by atoms with Gasteiger partial charge in [-0.25, -0.2) is 4.39 Å². The van der Waals surface area contributed by atoms with Crippen LogP contribution < -0.4 is 5.32 Å². The monoisotopic (exact) mass is 371 g/mol. The third kappa shape index (κ3) is 3.73. The zero-order valence-electron chi connectivity index (χ0n) is 15.0. The predicted molar refractivity (Wildman–Crippen MR) is 97.6 cm³/mol. The molecule has 0 aliphatic carbocycles. The van der Waals surface area contributed by atoms with Crippen molar-refractivity contribution in [2.45, 2.75) is 18.9 Å². The summed E-state index contributed by atoms with van der Waals surface area (Å²) >= 11 is 0. The van der Waals surface area contributed by atoms with Crippen molar-refractivity contribution in [2.75, 3.05) is 32.7 Å². The first-order valence-corrected chi connectivity index (χ1v) is 9.27. The van der Waals surface area contributed by atoms with Gasteiger partial charge in [-0.2, -0.15) is 0 Å². The van der Waals surface area contributed by atoms with E-state index in [0.717, 1.165) is 24.9 Å². The van der Waals surface area contributed by atoms with E-state index in [9.17, 15) is 14.0 Å². The smallest absolute Gasteiger partial charge is 0.289 e. The summed E-state index contributed by atoms with van der Waals surface area (Å²) in [6, 6.07) is 9.40. The molecule has 7 heteroatoms. The number of carbonyl (C=O) groups is 2. The maximum absolute atomic E-state index is 13.1. The number of nitrogens with zero attached hydrogens (tertiary/aromatic N) is 2. The van der Waals surface area contributed by atoms with Crippen LogP contribution in [0.5, 0.6) is 0 Å². The molecule has 6 nitrogen and oxygen atoms in total. The lowest BCUT2D eigenvalue weighted by atomic mass is 10.0. The van der Waals surface area contributed by atoms with E-state index in [1.54, 1.807) is 29.2 Å². The molecule has 4 rings (SSSR count). The molecule has 1 aromatic heterocycles. The summed E-state index contributed by atoms with van der Waals surface area (Å²) in [4.78, 5) is 28.7. The van der Waals surface area contributed by atoms with Crippen LogP contribution in [-0.4, -0.2) is 60.4 Å². The van der Waals surface area contributed by atoms with Gasteiger partial charge in [0.15, 0.2) is 5.76 Å². The first kappa shape index (κ1) is 17.7. The molecule has 2 aromatic rings. The van der Waals surface area contributed by atoms with Crippen molar-refractivity contribution in [2.24, 2.45) is 0 Å². The number of halogens is 1. The molecule has 0 bridgehead atoms. The van der Waals surface area contributed by atoms with Crippen LogP contribution >= 0.6 is 0 Å². The highest BCUT2D eigenvalue weighted by Crippen LogP contribution is 2.25. The van der Waals surface area contributed by atoms with Gasteiger partial charge >= 0.3 is 0 Å². The molecule has 27 heavy (non-hydrogen) atoms. The molecule has 2 fully saturated rings. The number of amides is 2. The van der Waals surface area contributed by atoms with Crippen LogP contribution in [-0.2, 0) is 4.79 Å². The van der Waals surface area contributed by atoms with Crippen molar-refractivity contribution < 1.29 is 18.4 Å². The fourth-order valence-electron chi connectivity index (χ4n) is 3.78. The number of rotatable bonds is 3. The summed E-state index contributed by atoms with van der Waals surface area (Å²) in [5, 5.41) is 3.07. The lowest BCUT2D eigenvalue weighted by molar-refractivity contribution is -0.135. The lowest BCUT2D eigenvalue weighted by Crippen LogP contribution is -2.57. The SMILES string of the molecule is O=C(c1ccc(-c2ccc(F)cc2)o1)N1CCCC(N2CCNCC2=O)C1. The summed E-state index contributed by atoms with van der Waals surface area (Å²) in [5.41, 5.74) is 0.721. The summed E-state index contributed by atoms with van der Waals surface area (Å²) in [6.07, 6.45) is 1.77. The van der Waals surface area contributed by atoms with Gasteiger partial charge in [0.05, 0.1) is 6.54 Å². The molecule has 1 N–H and O–H groups in total. The molecular formula is C20H22FN3O3. The minimum atomic E-state index is -0.316. The second-order valence-electron chi connectivity index (χ2n) is 6.98. The number of nitrogens with one attached hydrogen (secondary N) is 1.